The fourth-order valence-corrected chi connectivity index (χ4v) is 2.21. The molecular formula is C13H20N2O4S. The molecule has 3 N–H and O–H groups in total. The lowest BCUT2D eigenvalue weighted by Crippen LogP contribution is -2.48. The van der Waals surface area contributed by atoms with Crippen LogP contribution in [0.15, 0.2) is 29.2 Å². The zero-order chi connectivity index (χ0) is 15.3. The maximum absolute atomic E-state index is 11.3. The van der Waals surface area contributed by atoms with Crippen LogP contribution in [-0.2, 0) is 14.6 Å². The fraction of sp³-hybridized carbons (Fsp3) is 0.462. The predicted octanol–water partition coefficient (Wildman–Crippen LogP) is 0.321. The number of hydrogen-bond donors (Lipinski definition) is 2. The van der Waals surface area contributed by atoms with Gasteiger partial charge in [0, 0.05) is 12.3 Å². The Morgan fingerprint density at radius 1 is 1.30 bits per heavy atom. The number of amides is 1. The average Bonchev–Trinajstić information content (AvgIpc) is 2.33. The third-order valence-corrected chi connectivity index (χ3v) is 3.67. The highest BCUT2D eigenvalue weighted by atomic mass is 32.2. The van der Waals surface area contributed by atoms with Gasteiger partial charge in [-0.25, -0.2) is 8.42 Å². The van der Waals surface area contributed by atoms with Gasteiger partial charge in [-0.05, 0) is 24.3 Å². The highest BCUT2D eigenvalue weighted by Crippen LogP contribution is 2.15. The maximum Gasteiger partial charge on any atom is 0.238 e. The smallest absolute Gasteiger partial charge is 0.238 e. The molecule has 0 saturated carbocycles. The number of nitrogens with two attached hydrogens (primary N) is 1. The molecule has 0 fully saturated rings. The number of primary amides is 1. The first-order chi connectivity index (χ1) is 9.20. The van der Waals surface area contributed by atoms with Crippen LogP contribution >= 0.6 is 0 Å². The van der Waals surface area contributed by atoms with Gasteiger partial charge in [0.25, 0.3) is 0 Å². The summed E-state index contributed by atoms with van der Waals surface area (Å²) in [6.07, 6.45) is 1.14. The van der Waals surface area contributed by atoms with Gasteiger partial charge in [-0.1, -0.05) is 13.8 Å². The molecular weight excluding hydrogens is 280 g/mol. The molecule has 1 amide bonds. The summed E-state index contributed by atoms with van der Waals surface area (Å²) < 4.78 is 28.1. The number of carbonyl (C=O) groups is 1. The molecule has 7 heteroatoms. The topological polar surface area (TPSA) is 98.5 Å². The van der Waals surface area contributed by atoms with Crippen LogP contribution in [0.25, 0.3) is 0 Å². The molecule has 1 atom stereocenters. The second-order valence-electron chi connectivity index (χ2n) is 4.83. The van der Waals surface area contributed by atoms with Crippen molar-refractivity contribution in [3.05, 3.63) is 24.3 Å². The van der Waals surface area contributed by atoms with Crippen LogP contribution in [0, 0.1) is 0 Å². The highest BCUT2D eigenvalue weighted by molar-refractivity contribution is 7.90. The van der Waals surface area contributed by atoms with Crippen molar-refractivity contribution in [1.29, 1.82) is 0 Å². The summed E-state index contributed by atoms with van der Waals surface area (Å²) in [6.45, 7) is 3.89. The van der Waals surface area contributed by atoms with E-state index in [1.807, 2.05) is 13.8 Å². The zero-order valence-electron chi connectivity index (χ0n) is 11.8. The standard InChI is InChI=1S/C13H20N2O4S/c1-9(2)15-12(13(14)16)8-19-10-4-6-11(7-5-10)20(3,17)18/h4-7,9,12,15H,8H2,1-3H3,(H2,14,16). The minimum Gasteiger partial charge on any atom is -0.491 e. The molecule has 0 saturated heterocycles. The number of rotatable bonds is 7. The molecule has 1 unspecified atom stereocenters. The van der Waals surface area contributed by atoms with E-state index in [0.717, 1.165) is 6.26 Å². The van der Waals surface area contributed by atoms with E-state index in [0.29, 0.717) is 5.75 Å². The summed E-state index contributed by atoms with van der Waals surface area (Å²) in [5.41, 5.74) is 5.27. The van der Waals surface area contributed by atoms with E-state index in [2.05, 4.69) is 5.32 Å². The first kappa shape index (κ1) is 16.5. The van der Waals surface area contributed by atoms with Crippen LogP contribution in [0.2, 0.25) is 0 Å². The van der Waals surface area contributed by atoms with Crippen molar-refractivity contribution in [2.75, 3.05) is 12.9 Å². The van der Waals surface area contributed by atoms with Crippen LogP contribution in [0.4, 0.5) is 0 Å². The van der Waals surface area contributed by atoms with Gasteiger partial charge in [0.05, 0.1) is 4.90 Å². The van der Waals surface area contributed by atoms with E-state index in [9.17, 15) is 13.2 Å². The highest BCUT2D eigenvalue weighted by Gasteiger charge is 2.17. The molecule has 0 spiro atoms. The van der Waals surface area contributed by atoms with Crippen LogP contribution in [0.3, 0.4) is 0 Å². The first-order valence-corrected chi connectivity index (χ1v) is 8.07. The quantitative estimate of drug-likeness (QED) is 0.755. The average molecular weight is 300 g/mol. The summed E-state index contributed by atoms with van der Waals surface area (Å²) in [6, 6.07) is 5.51. The third kappa shape index (κ3) is 5.18. The van der Waals surface area contributed by atoms with Crippen LogP contribution in [0.5, 0.6) is 5.75 Å². The Hall–Kier alpha value is -1.60. The summed E-state index contributed by atoms with van der Waals surface area (Å²) >= 11 is 0. The summed E-state index contributed by atoms with van der Waals surface area (Å²) in [4.78, 5) is 11.5. The monoisotopic (exact) mass is 300 g/mol. The normalized spacial score (nSPS) is 13.2. The number of carbonyl (C=O) groups excluding carboxylic acids is 1. The van der Waals surface area contributed by atoms with Gasteiger partial charge in [0.15, 0.2) is 9.84 Å². The molecule has 1 aromatic carbocycles. The summed E-state index contributed by atoms with van der Waals surface area (Å²) in [7, 11) is -3.22. The SMILES string of the molecule is CC(C)NC(COc1ccc(S(C)(=O)=O)cc1)C(N)=O. The minimum atomic E-state index is -3.22. The van der Waals surface area contributed by atoms with Gasteiger partial charge >= 0.3 is 0 Å². The van der Waals surface area contributed by atoms with Crippen LogP contribution in [-0.4, -0.2) is 39.3 Å². The van der Waals surface area contributed by atoms with Gasteiger partial charge in [-0.15, -0.1) is 0 Å². The van der Waals surface area contributed by atoms with E-state index < -0.39 is 21.8 Å². The van der Waals surface area contributed by atoms with E-state index in [-0.39, 0.29) is 17.5 Å². The lowest BCUT2D eigenvalue weighted by atomic mass is 10.2. The number of hydrogen-bond acceptors (Lipinski definition) is 5. The van der Waals surface area contributed by atoms with Crippen molar-refractivity contribution < 1.29 is 17.9 Å². The van der Waals surface area contributed by atoms with Crippen molar-refractivity contribution >= 4 is 15.7 Å². The van der Waals surface area contributed by atoms with Gasteiger partial charge in [-0.3, -0.25) is 4.79 Å². The second-order valence-corrected chi connectivity index (χ2v) is 6.85. The van der Waals surface area contributed by atoms with Crippen molar-refractivity contribution in [3.8, 4) is 5.75 Å². The minimum absolute atomic E-state index is 0.0890. The maximum atomic E-state index is 11.3. The van der Waals surface area contributed by atoms with Crippen molar-refractivity contribution in [3.63, 3.8) is 0 Å². The van der Waals surface area contributed by atoms with Crippen LogP contribution in [0.1, 0.15) is 13.8 Å². The van der Waals surface area contributed by atoms with E-state index in [1.165, 1.54) is 12.1 Å². The van der Waals surface area contributed by atoms with E-state index >= 15 is 0 Å². The number of benzene rings is 1. The molecule has 0 bridgehead atoms. The summed E-state index contributed by atoms with van der Waals surface area (Å²) in [5.74, 6) is -0.0133. The molecule has 1 rings (SSSR count). The van der Waals surface area contributed by atoms with Gasteiger partial charge in [-0.2, -0.15) is 0 Å². The molecule has 6 nitrogen and oxygen atoms in total. The van der Waals surface area contributed by atoms with Crippen molar-refractivity contribution in [1.82, 2.24) is 5.32 Å². The van der Waals surface area contributed by atoms with Crippen molar-refractivity contribution in [2.24, 2.45) is 5.73 Å². The Balaban J connectivity index is 2.67. The van der Waals surface area contributed by atoms with Crippen molar-refractivity contribution in [2.45, 2.75) is 30.8 Å². The summed E-state index contributed by atoms with van der Waals surface area (Å²) in [5, 5.41) is 2.99. The third-order valence-electron chi connectivity index (χ3n) is 2.55. The largest absolute Gasteiger partial charge is 0.491 e. The Bertz CT molecular complexity index is 552. The Morgan fingerprint density at radius 3 is 2.25 bits per heavy atom. The molecule has 0 aliphatic carbocycles. The van der Waals surface area contributed by atoms with E-state index in [4.69, 9.17) is 10.5 Å². The van der Waals surface area contributed by atoms with Gasteiger partial charge in [0.1, 0.15) is 18.4 Å². The molecule has 0 heterocycles. The second kappa shape index (κ2) is 6.71. The van der Waals surface area contributed by atoms with Gasteiger partial charge in [0.2, 0.25) is 5.91 Å². The predicted molar refractivity (Wildman–Crippen MR) is 76.3 cm³/mol. The number of sulfone groups is 1. The van der Waals surface area contributed by atoms with E-state index in [1.54, 1.807) is 12.1 Å². The Labute approximate surface area is 119 Å². The Morgan fingerprint density at radius 2 is 1.85 bits per heavy atom. The number of nitrogens with one attached hydrogen (secondary N) is 1. The lowest BCUT2D eigenvalue weighted by molar-refractivity contribution is -0.120. The van der Waals surface area contributed by atoms with Crippen LogP contribution < -0.4 is 15.8 Å². The lowest BCUT2D eigenvalue weighted by Gasteiger charge is -2.18. The fourth-order valence-electron chi connectivity index (χ4n) is 1.58. The zero-order valence-corrected chi connectivity index (χ0v) is 12.6. The molecule has 0 aliphatic heterocycles. The molecule has 0 aliphatic rings. The molecule has 112 valence electrons. The molecule has 0 radical (unpaired) electrons. The molecule has 0 aromatic heterocycles. The van der Waals surface area contributed by atoms with Gasteiger partial charge < -0.3 is 15.8 Å². The first-order valence-electron chi connectivity index (χ1n) is 6.18. The number of ether oxygens (including phenoxy) is 1. The Kier molecular flexibility index (Phi) is 5.52. The molecule has 20 heavy (non-hydrogen) atoms. The molecule has 1 aromatic rings.